The first-order valence-electron chi connectivity index (χ1n) is 5.06. The minimum atomic E-state index is -0.152. The molecular formula is C12H11ClN2OS. The van der Waals surface area contributed by atoms with Gasteiger partial charge in [-0.15, -0.1) is 22.9 Å². The largest absolute Gasteiger partial charge is 0.290 e. The predicted octanol–water partition coefficient (Wildman–Crippen LogP) is 3.01. The lowest BCUT2D eigenvalue weighted by molar-refractivity contribution is -0.116. The fourth-order valence-electron chi connectivity index (χ4n) is 1.36. The van der Waals surface area contributed by atoms with Crippen LogP contribution < -0.4 is 4.90 Å². The molecule has 0 fully saturated rings. The summed E-state index contributed by atoms with van der Waals surface area (Å²) in [4.78, 5) is 17.3. The lowest BCUT2D eigenvalue weighted by Crippen LogP contribution is -2.26. The van der Waals surface area contributed by atoms with Crippen LogP contribution in [0.1, 0.15) is 0 Å². The molecule has 1 amide bonds. The summed E-state index contributed by atoms with van der Waals surface area (Å²) in [5.41, 5.74) is 1.92. The summed E-state index contributed by atoms with van der Waals surface area (Å²) in [5, 5.41) is 2.59. The maximum absolute atomic E-state index is 11.4. The number of carbonyl (C=O) groups is 1. The van der Waals surface area contributed by atoms with Crippen molar-refractivity contribution in [2.45, 2.75) is 0 Å². The van der Waals surface area contributed by atoms with Gasteiger partial charge in [-0.2, -0.15) is 0 Å². The van der Waals surface area contributed by atoms with Crippen molar-refractivity contribution in [1.29, 1.82) is 0 Å². The summed E-state index contributed by atoms with van der Waals surface area (Å²) in [5.74, 6) is -0.183. The maximum atomic E-state index is 11.4. The highest BCUT2D eigenvalue weighted by molar-refractivity contribution is 7.14. The number of anilines is 1. The molecule has 0 atom stereocenters. The second-order valence-corrected chi connectivity index (χ2v) is 4.57. The van der Waals surface area contributed by atoms with Crippen LogP contribution in [-0.2, 0) is 4.79 Å². The molecule has 1 heterocycles. The van der Waals surface area contributed by atoms with E-state index < -0.39 is 0 Å². The third-order valence-corrected chi connectivity index (χ3v) is 3.48. The van der Waals surface area contributed by atoms with E-state index in [-0.39, 0.29) is 11.8 Å². The van der Waals surface area contributed by atoms with Gasteiger partial charge in [0, 0.05) is 18.0 Å². The Bertz CT molecular complexity index is 512. The van der Waals surface area contributed by atoms with E-state index >= 15 is 0 Å². The van der Waals surface area contributed by atoms with Gasteiger partial charge in [-0.1, -0.05) is 30.3 Å². The zero-order valence-corrected chi connectivity index (χ0v) is 10.8. The minimum Gasteiger partial charge on any atom is -0.290 e. The van der Waals surface area contributed by atoms with Crippen molar-refractivity contribution in [1.82, 2.24) is 4.98 Å². The molecule has 2 rings (SSSR count). The Balaban J connectivity index is 2.25. The maximum Gasteiger partial charge on any atom is 0.243 e. The van der Waals surface area contributed by atoms with E-state index in [2.05, 4.69) is 4.98 Å². The van der Waals surface area contributed by atoms with Crippen LogP contribution in [0.25, 0.3) is 11.3 Å². The van der Waals surface area contributed by atoms with Crippen molar-refractivity contribution >= 4 is 34.0 Å². The summed E-state index contributed by atoms with van der Waals surface area (Å²) in [7, 11) is 1.68. The van der Waals surface area contributed by atoms with Crippen molar-refractivity contribution in [2.24, 2.45) is 0 Å². The second-order valence-electron chi connectivity index (χ2n) is 3.47. The highest BCUT2D eigenvalue weighted by atomic mass is 35.5. The third-order valence-electron chi connectivity index (χ3n) is 2.34. The van der Waals surface area contributed by atoms with Crippen molar-refractivity contribution < 1.29 is 4.79 Å². The molecule has 1 aromatic carbocycles. The number of carbonyl (C=O) groups excluding carboxylic acids is 1. The van der Waals surface area contributed by atoms with Gasteiger partial charge in [0.05, 0.1) is 5.69 Å². The smallest absolute Gasteiger partial charge is 0.243 e. The van der Waals surface area contributed by atoms with E-state index in [9.17, 15) is 4.79 Å². The van der Waals surface area contributed by atoms with Gasteiger partial charge in [0.2, 0.25) is 5.91 Å². The highest BCUT2D eigenvalue weighted by Gasteiger charge is 2.13. The van der Waals surface area contributed by atoms with Crippen molar-refractivity contribution in [2.75, 3.05) is 17.8 Å². The predicted molar refractivity (Wildman–Crippen MR) is 71.7 cm³/mol. The van der Waals surface area contributed by atoms with E-state index in [4.69, 9.17) is 11.6 Å². The highest BCUT2D eigenvalue weighted by Crippen LogP contribution is 2.26. The quantitative estimate of drug-likeness (QED) is 0.800. The van der Waals surface area contributed by atoms with Crippen molar-refractivity contribution in [3.05, 3.63) is 35.7 Å². The first-order chi connectivity index (χ1) is 8.22. The summed E-state index contributed by atoms with van der Waals surface area (Å²) in [6.07, 6.45) is 0. The first kappa shape index (κ1) is 12.1. The Morgan fingerprint density at radius 1 is 1.41 bits per heavy atom. The molecule has 0 aliphatic rings. The molecular weight excluding hydrogens is 256 g/mol. The molecule has 3 nitrogen and oxygen atoms in total. The van der Waals surface area contributed by atoms with Gasteiger partial charge in [0.25, 0.3) is 0 Å². The number of benzene rings is 1. The molecule has 0 N–H and O–H groups in total. The van der Waals surface area contributed by atoms with Crippen LogP contribution in [0.3, 0.4) is 0 Å². The van der Waals surface area contributed by atoms with Crippen LogP contribution in [0.2, 0.25) is 0 Å². The fraction of sp³-hybridized carbons (Fsp3) is 0.167. The Labute approximate surface area is 109 Å². The van der Waals surface area contributed by atoms with Gasteiger partial charge in [0.15, 0.2) is 5.13 Å². The molecule has 0 aliphatic carbocycles. The monoisotopic (exact) mass is 266 g/mol. The molecule has 0 unspecified atom stereocenters. The summed E-state index contributed by atoms with van der Waals surface area (Å²) >= 11 is 6.94. The standard InChI is InChI=1S/C12H11ClN2OS/c1-15(11(16)7-13)12-14-10(8-17-12)9-5-3-2-4-6-9/h2-6,8H,7H2,1H3. The molecule has 5 heteroatoms. The molecule has 0 radical (unpaired) electrons. The average molecular weight is 267 g/mol. The van der Waals surface area contributed by atoms with Crippen molar-refractivity contribution in [3.63, 3.8) is 0 Å². The first-order valence-corrected chi connectivity index (χ1v) is 6.47. The number of alkyl halides is 1. The molecule has 0 spiro atoms. The van der Waals surface area contributed by atoms with E-state index in [0.717, 1.165) is 11.3 Å². The Morgan fingerprint density at radius 3 is 2.76 bits per heavy atom. The number of amides is 1. The molecule has 0 aliphatic heterocycles. The second kappa shape index (κ2) is 5.29. The summed E-state index contributed by atoms with van der Waals surface area (Å²) in [6, 6.07) is 9.86. The van der Waals surface area contributed by atoms with Gasteiger partial charge in [-0.3, -0.25) is 9.69 Å². The van der Waals surface area contributed by atoms with Gasteiger partial charge in [-0.05, 0) is 0 Å². The van der Waals surface area contributed by atoms with Crippen LogP contribution in [0, 0.1) is 0 Å². The van der Waals surface area contributed by atoms with Crippen LogP contribution in [-0.4, -0.2) is 23.8 Å². The number of nitrogens with zero attached hydrogens (tertiary/aromatic N) is 2. The Kier molecular flexibility index (Phi) is 3.76. The molecule has 0 saturated heterocycles. The van der Waals surface area contributed by atoms with Gasteiger partial charge in [0.1, 0.15) is 5.88 Å². The van der Waals surface area contributed by atoms with Gasteiger partial charge in [-0.25, -0.2) is 4.98 Å². The summed E-state index contributed by atoms with van der Waals surface area (Å²) < 4.78 is 0. The zero-order chi connectivity index (χ0) is 12.3. The van der Waals surface area contributed by atoms with E-state index in [1.54, 1.807) is 7.05 Å². The zero-order valence-electron chi connectivity index (χ0n) is 9.26. The van der Waals surface area contributed by atoms with Crippen LogP contribution in [0.4, 0.5) is 5.13 Å². The number of rotatable bonds is 3. The van der Waals surface area contributed by atoms with E-state index in [1.165, 1.54) is 16.2 Å². The lowest BCUT2D eigenvalue weighted by Gasteiger charge is -2.10. The van der Waals surface area contributed by atoms with E-state index in [1.807, 2.05) is 35.7 Å². The number of halogens is 1. The van der Waals surface area contributed by atoms with Crippen LogP contribution in [0.15, 0.2) is 35.7 Å². The Hall–Kier alpha value is -1.39. The number of hydrogen-bond acceptors (Lipinski definition) is 3. The molecule has 2 aromatic rings. The third kappa shape index (κ3) is 2.65. The van der Waals surface area contributed by atoms with Gasteiger partial charge >= 0.3 is 0 Å². The molecule has 1 aromatic heterocycles. The van der Waals surface area contributed by atoms with Crippen LogP contribution in [0.5, 0.6) is 0 Å². The number of thiazole rings is 1. The number of hydrogen-bond donors (Lipinski definition) is 0. The topological polar surface area (TPSA) is 33.2 Å². The van der Waals surface area contributed by atoms with Gasteiger partial charge < -0.3 is 0 Å². The lowest BCUT2D eigenvalue weighted by atomic mass is 10.2. The molecule has 17 heavy (non-hydrogen) atoms. The van der Waals surface area contributed by atoms with Crippen molar-refractivity contribution in [3.8, 4) is 11.3 Å². The SMILES string of the molecule is CN(C(=O)CCl)c1nc(-c2ccccc2)cs1. The fourth-order valence-corrected chi connectivity index (χ4v) is 2.35. The van der Waals surface area contributed by atoms with E-state index in [0.29, 0.717) is 5.13 Å². The average Bonchev–Trinajstić information content (AvgIpc) is 2.87. The molecule has 0 bridgehead atoms. The number of aromatic nitrogens is 1. The minimum absolute atomic E-state index is 0.0310. The molecule has 0 saturated carbocycles. The molecule has 88 valence electrons. The Morgan fingerprint density at radius 2 is 2.12 bits per heavy atom. The normalized spacial score (nSPS) is 10.2. The summed E-state index contributed by atoms with van der Waals surface area (Å²) in [6.45, 7) is 0. The van der Waals surface area contributed by atoms with Crippen LogP contribution >= 0.6 is 22.9 Å².